The molecule has 1 aromatic rings. The number of carbonyl (C=O) groups excluding carboxylic acids is 1. The van der Waals surface area contributed by atoms with Crippen molar-refractivity contribution in [1.82, 2.24) is 9.80 Å². The van der Waals surface area contributed by atoms with E-state index in [0.717, 1.165) is 19.5 Å². The number of benzene rings is 1. The molecule has 3 heteroatoms. The Bertz CT molecular complexity index is 285. The molecule has 0 unspecified atom stereocenters. The maximum Gasteiger partial charge on any atom is 0.210 e. The predicted octanol–water partition coefficient (Wildman–Crippen LogP) is 1.21. The van der Waals surface area contributed by atoms with Crippen LogP contribution in [0.5, 0.6) is 0 Å². The normalized spacial score (nSPS) is 10.3. The second-order valence-electron chi connectivity index (χ2n) is 3.86. The van der Waals surface area contributed by atoms with Crippen LogP contribution in [0.4, 0.5) is 0 Å². The maximum absolute atomic E-state index is 10.8. The van der Waals surface area contributed by atoms with Crippen LogP contribution in [0.25, 0.3) is 0 Å². The highest BCUT2D eigenvalue weighted by Gasteiger charge is 2.02. The minimum absolute atomic E-state index is 0.693. The van der Waals surface area contributed by atoms with Gasteiger partial charge < -0.3 is 9.80 Å². The van der Waals surface area contributed by atoms with Crippen molar-refractivity contribution in [2.45, 2.75) is 6.54 Å². The lowest BCUT2D eigenvalue weighted by molar-refractivity contribution is -0.118. The molecule has 0 aliphatic carbocycles. The van der Waals surface area contributed by atoms with Crippen LogP contribution in [0.3, 0.4) is 0 Å². The third-order valence-electron chi connectivity index (χ3n) is 2.21. The average molecular weight is 206 g/mol. The molecule has 0 saturated carbocycles. The van der Waals surface area contributed by atoms with Crippen LogP contribution in [0.1, 0.15) is 5.56 Å². The predicted molar refractivity (Wildman–Crippen MR) is 61.5 cm³/mol. The number of hydrogen-bond donors (Lipinski definition) is 0. The fourth-order valence-electron chi connectivity index (χ4n) is 1.32. The summed E-state index contributed by atoms with van der Waals surface area (Å²) in [5, 5.41) is 0. The molecule has 0 N–H and O–H groups in total. The first-order chi connectivity index (χ1) is 7.22. The van der Waals surface area contributed by atoms with Gasteiger partial charge in [0.1, 0.15) is 0 Å². The molecule has 0 aliphatic rings. The summed E-state index contributed by atoms with van der Waals surface area (Å²) in [5.74, 6) is 0. The average Bonchev–Trinajstić information content (AvgIpc) is 2.25. The smallest absolute Gasteiger partial charge is 0.210 e. The third-order valence-corrected chi connectivity index (χ3v) is 2.21. The zero-order valence-corrected chi connectivity index (χ0v) is 9.39. The summed E-state index contributed by atoms with van der Waals surface area (Å²) in [7, 11) is 4.01. The van der Waals surface area contributed by atoms with Crippen LogP contribution in [0.15, 0.2) is 30.3 Å². The van der Waals surface area contributed by atoms with E-state index in [4.69, 9.17) is 0 Å². The molecule has 3 nitrogen and oxygen atoms in total. The SMILES string of the molecule is CN(C)CCN(C=O)Cc1ccccc1. The van der Waals surface area contributed by atoms with Crippen LogP contribution in [-0.4, -0.2) is 43.4 Å². The third kappa shape index (κ3) is 4.61. The van der Waals surface area contributed by atoms with Crippen molar-refractivity contribution in [3.05, 3.63) is 35.9 Å². The number of likely N-dealkylation sites (N-methyl/N-ethyl adjacent to an activating group) is 1. The van der Waals surface area contributed by atoms with Gasteiger partial charge in [-0.05, 0) is 19.7 Å². The quantitative estimate of drug-likeness (QED) is 0.653. The fraction of sp³-hybridized carbons (Fsp3) is 0.417. The van der Waals surface area contributed by atoms with E-state index in [9.17, 15) is 4.79 Å². The minimum atomic E-state index is 0.693. The summed E-state index contributed by atoms with van der Waals surface area (Å²) < 4.78 is 0. The first-order valence-corrected chi connectivity index (χ1v) is 5.10. The number of rotatable bonds is 6. The van der Waals surface area contributed by atoms with Gasteiger partial charge in [-0.3, -0.25) is 4.79 Å². The second-order valence-corrected chi connectivity index (χ2v) is 3.86. The lowest BCUT2D eigenvalue weighted by atomic mass is 10.2. The van der Waals surface area contributed by atoms with Crippen molar-refractivity contribution in [1.29, 1.82) is 0 Å². The van der Waals surface area contributed by atoms with Gasteiger partial charge >= 0.3 is 0 Å². The topological polar surface area (TPSA) is 23.6 Å². The summed E-state index contributed by atoms with van der Waals surface area (Å²) in [6.07, 6.45) is 0.913. The van der Waals surface area contributed by atoms with Crippen LogP contribution in [-0.2, 0) is 11.3 Å². The molecule has 0 aliphatic heterocycles. The largest absolute Gasteiger partial charge is 0.340 e. The lowest BCUT2D eigenvalue weighted by Crippen LogP contribution is -2.30. The zero-order chi connectivity index (χ0) is 11.1. The molecule has 82 valence electrons. The molecular weight excluding hydrogens is 188 g/mol. The maximum atomic E-state index is 10.8. The highest BCUT2D eigenvalue weighted by molar-refractivity contribution is 5.47. The lowest BCUT2D eigenvalue weighted by Gasteiger charge is -2.19. The molecule has 0 aromatic heterocycles. The van der Waals surface area contributed by atoms with E-state index in [0.29, 0.717) is 6.54 Å². The van der Waals surface area contributed by atoms with E-state index in [1.165, 1.54) is 5.56 Å². The summed E-state index contributed by atoms with van der Waals surface area (Å²) in [6.45, 7) is 2.36. The Kier molecular flexibility index (Phi) is 4.84. The standard InChI is InChI=1S/C12H18N2O/c1-13(2)8-9-14(11-15)10-12-6-4-3-5-7-12/h3-7,11H,8-10H2,1-2H3. The Morgan fingerprint density at radius 1 is 1.13 bits per heavy atom. The van der Waals surface area contributed by atoms with Gasteiger partial charge in [0.15, 0.2) is 0 Å². The van der Waals surface area contributed by atoms with Gasteiger partial charge in [0, 0.05) is 19.6 Å². The van der Waals surface area contributed by atoms with E-state index in [1.54, 1.807) is 4.90 Å². The second kappa shape index (κ2) is 6.19. The van der Waals surface area contributed by atoms with Crippen molar-refractivity contribution in [2.24, 2.45) is 0 Å². The van der Waals surface area contributed by atoms with Crippen LogP contribution in [0.2, 0.25) is 0 Å². The molecular formula is C12H18N2O. The van der Waals surface area contributed by atoms with Gasteiger partial charge in [-0.25, -0.2) is 0 Å². The van der Waals surface area contributed by atoms with Gasteiger partial charge in [-0.1, -0.05) is 30.3 Å². The van der Waals surface area contributed by atoms with E-state index in [2.05, 4.69) is 4.90 Å². The first-order valence-electron chi connectivity index (χ1n) is 5.10. The monoisotopic (exact) mass is 206 g/mol. The summed E-state index contributed by atoms with van der Waals surface area (Å²) >= 11 is 0. The highest BCUT2D eigenvalue weighted by atomic mass is 16.1. The Labute approximate surface area is 91.3 Å². The fourth-order valence-corrected chi connectivity index (χ4v) is 1.32. The molecule has 15 heavy (non-hydrogen) atoms. The molecule has 0 heterocycles. The van der Waals surface area contributed by atoms with Crippen LogP contribution < -0.4 is 0 Å². The van der Waals surface area contributed by atoms with Crippen LogP contribution in [0, 0.1) is 0 Å². The highest BCUT2D eigenvalue weighted by Crippen LogP contribution is 2.02. The Morgan fingerprint density at radius 2 is 1.80 bits per heavy atom. The van der Waals surface area contributed by atoms with Gasteiger partial charge in [-0.15, -0.1) is 0 Å². The summed E-state index contributed by atoms with van der Waals surface area (Å²) in [6, 6.07) is 10.0. The summed E-state index contributed by atoms with van der Waals surface area (Å²) in [4.78, 5) is 14.7. The van der Waals surface area contributed by atoms with Crippen molar-refractivity contribution < 1.29 is 4.79 Å². The molecule has 0 fully saturated rings. The van der Waals surface area contributed by atoms with Crippen molar-refractivity contribution in [2.75, 3.05) is 27.2 Å². The van der Waals surface area contributed by atoms with E-state index < -0.39 is 0 Å². The Morgan fingerprint density at radius 3 is 2.33 bits per heavy atom. The Balaban J connectivity index is 2.43. The number of carbonyl (C=O) groups is 1. The minimum Gasteiger partial charge on any atom is -0.340 e. The van der Waals surface area contributed by atoms with Crippen LogP contribution >= 0.6 is 0 Å². The molecule has 0 saturated heterocycles. The molecule has 1 rings (SSSR count). The molecule has 1 aromatic carbocycles. The van der Waals surface area contributed by atoms with Crippen molar-refractivity contribution in [3.8, 4) is 0 Å². The van der Waals surface area contributed by atoms with E-state index in [-0.39, 0.29) is 0 Å². The molecule has 0 radical (unpaired) electrons. The van der Waals surface area contributed by atoms with Gasteiger partial charge in [-0.2, -0.15) is 0 Å². The number of amides is 1. The number of hydrogen-bond acceptors (Lipinski definition) is 2. The van der Waals surface area contributed by atoms with Gasteiger partial charge in [0.25, 0.3) is 0 Å². The molecule has 0 spiro atoms. The Hall–Kier alpha value is -1.35. The molecule has 0 bridgehead atoms. The van der Waals surface area contributed by atoms with Crippen molar-refractivity contribution >= 4 is 6.41 Å². The van der Waals surface area contributed by atoms with E-state index >= 15 is 0 Å². The number of nitrogens with zero attached hydrogens (tertiary/aromatic N) is 2. The first kappa shape index (κ1) is 11.7. The van der Waals surface area contributed by atoms with Gasteiger partial charge in [0.05, 0.1) is 0 Å². The van der Waals surface area contributed by atoms with Gasteiger partial charge in [0.2, 0.25) is 6.41 Å². The molecule has 0 atom stereocenters. The summed E-state index contributed by atoms with van der Waals surface area (Å²) in [5.41, 5.74) is 1.17. The zero-order valence-electron chi connectivity index (χ0n) is 9.39. The van der Waals surface area contributed by atoms with E-state index in [1.807, 2.05) is 44.4 Å². The molecule has 1 amide bonds. The van der Waals surface area contributed by atoms with Crippen molar-refractivity contribution in [3.63, 3.8) is 0 Å².